The third-order valence-electron chi connectivity index (χ3n) is 1.71. The minimum absolute atomic E-state index is 0.0264. The van der Waals surface area contributed by atoms with Crippen molar-refractivity contribution in [1.29, 1.82) is 0 Å². The average Bonchev–Trinajstić information content (AvgIpc) is 2.21. The number of hydrogen-bond acceptors (Lipinski definition) is 4. The van der Waals surface area contributed by atoms with Crippen molar-refractivity contribution in [2.45, 2.75) is 19.8 Å². The lowest BCUT2D eigenvalue weighted by Crippen LogP contribution is -2.16. The number of esters is 2. The highest BCUT2D eigenvalue weighted by Gasteiger charge is 2.15. The van der Waals surface area contributed by atoms with Crippen molar-refractivity contribution < 1.29 is 19.1 Å². The monoisotopic (exact) mass is 198 g/mol. The lowest BCUT2D eigenvalue weighted by Gasteiger charge is -2.08. The van der Waals surface area contributed by atoms with Crippen LogP contribution in [0.5, 0.6) is 0 Å². The van der Waals surface area contributed by atoms with Crippen molar-refractivity contribution in [3.63, 3.8) is 0 Å². The SMILES string of the molecule is C#CCOC(=O)C(C)CCC(=O)OC. The fourth-order valence-electron chi connectivity index (χ4n) is 0.809. The van der Waals surface area contributed by atoms with Gasteiger partial charge in [-0.2, -0.15) is 0 Å². The normalized spacial score (nSPS) is 11.2. The van der Waals surface area contributed by atoms with Gasteiger partial charge in [-0.3, -0.25) is 9.59 Å². The maximum Gasteiger partial charge on any atom is 0.309 e. The molecule has 1 unspecified atom stereocenters. The zero-order valence-corrected chi connectivity index (χ0v) is 8.41. The molecule has 78 valence electrons. The van der Waals surface area contributed by atoms with Crippen molar-refractivity contribution in [3.05, 3.63) is 0 Å². The molecule has 0 aromatic carbocycles. The zero-order valence-electron chi connectivity index (χ0n) is 8.41. The van der Waals surface area contributed by atoms with Crippen LogP contribution in [0, 0.1) is 18.3 Å². The lowest BCUT2D eigenvalue weighted by atomic mass is 10.1. The Morgan fingerprint density at radius 2 is 2.14 bits per heavy atom. The molecule has 0 amide bonds. The van der Waals surface area contributed by atoms with Crippen LogP contribution >= 0.6 is 0 Å². The summed E-state index contributed by atoms with van der Waals surface area (Å²) >= 11 is 0. The molecule has 0 aliphatic heterocycles. The van der Waals surface area contributed by atoms with E-state index in [-0.39, 0.29) is 30.9 Å². The van der Waals surface area contributed by atoms with Crippen LogP contribution in [0.15, 0.2) is 0 Å². The summed E-state index contributed by atoms with van der Waals surface area (Å²) in [5.74, 6) is 1.15. The molecule has 0 saturated carbocycles. The van der Waals surface area contributed by atoms with Gasteiger partial charge in [-0.15, -0.1) is 6.42 Å². The Morgan fingerprint density at radius 1 is 1.50 bits per heavy atom. The molecule has 4 nitrogen and oxygen atoms in total. The number of methoxy groups -OCH3 is 1. The van der Waals surface area contributed by atoms with Crippen molar-refractivity contribution in [2.75, 3.05) is 13.7 Å². The first-order valence-electron chi connectivity index (χ1n) is 4.28. The summed E-state index contributed by atoms with van der Waals surface area (Å²) in [5, 5.41) is 0. The van der Waals surface area contributed by atoms with Gasteiger partial charge >= 0.3 is 11.9 Å². The number of hydrogen-bond donors (Lipinski definition) is 0. The smallest absolute Gasteiger partial charge is 0.309 e. The topological polar surface area (TPSA) is 52.6 Å². The van der Waals surface area contributed by atoms with E-state index in [1.165, 1.54) is 7.11 Å². The second-order valence-electron chi connectivity index (χ2n) is 2.83. The predicted molar refractivity (Wildman–Crippen MR) is 50.2 cm³/mol. The van der Waals surface area contributed by atoms with Crippen LogP contribution in [-0.4, -0.2) is 25.7 Å². The standard InChI is InChI=1S/C10H14O4/c1-4-7-14-10(12)8(2)5-6-9(11)13-3/h1,8H,5-7H2,2-3H3. The number of rotatable bonds is 5. The van der Waals surface area contributed by atoms with Crippen molar-refractivity contribution in [3.8, 4) is 12.3 Å². The van der Waals surface area contributed by atoms with Gasteiger partial charge in [0.1, 0.15) is 0 Å². The van der Waals surface area contributed by atoms with E-state index in [0.29, 0.717) is 6.42 Å². The molecule has 1 atom stereocenters. The molecule has 14 heavy (non-hydrogen) atoms. The van der Waals surface area contributed by atoms with Gasteiger partial charge < -0.3 is 9.47 Å². The van der Waals surface area contributed by atoms with Crippen LogP contribution in [0.3, 0.4) is 0 Å². The van der Waals surface area contributed by atoms with Crippen LogP contribution in [0.4, 0.5) is 0 Å². The van der Waals surface area contributed by atoms with E-state index in [2.05, 4.69) is 10.7 Å². The number of carbonyl (C=O) groups is 2. The summed E-state index contributed by atoms with van der Waals surface area (Å²) in [6.45, 7) is 1.66. The maximum atomic E-state index is 11.1. The van der Waals surface area contributed by atoms with Gasteiger partial charge in [-0.05, 0) is 6.42 Å². The molecule has 4 heteroatoms. The van der Waals surface area contributed by atoms with E-state index in [1.54, 1.807) is 6.92 Å². The summed E-state index contributed by atoms with van der Waals surface area (Å²) in [5.41, 5.74) is 0. The summed E-state index contributed by atoms with van der Waals surface area (Å²) in [6, 6.07) is 0. The van der Waals surface area contributed by atoms with Gasteiger partial charge in [0.05, 0.1) is 13.0 Å². The summed E-state index contributed by atoms with van der Waals surface area (Å²) in [7, 11) is 1.31. The fraction of sp³-hybridized carbons (Fsp3) is 0.600. The van der Waals surface area contributed by atoms with Crippen LogP contribution in [0.2, 0.25) is 0 Å². The predicted octanol–water partition coefficient (Wildman–Crippen LogP) is 0.752. The highest BCUT2D eigenvalue weighted by atomic mass is 16.5. The Balaban J connectivity index is 3.73. The van der Waals surface area contributed by atoms with E-state index < -0.39 is 0 Å². The molecule has 0 aromatic rings. The summed E-state index contributed by atoms with van der Waals surface area (Å²) in [6.07, 6.45) is 5.54. The van der Waals surface area contributed by atoms with Crippen molar-refractivity contribution in [1.82, 2.24) is 0 Å². The molecule has 0 spiro atoms. The number of carbonyl (C=O) groups excluding carboxylic acids is 2. The third-order valence-corrected chi connectivity index (χ3v) is 1.71. The summed E-state index contributed by atoms with van der Waals surface area (Å²) in [4.78, 5) is 21.9. The van der Waals surface area contributed by atoms with Crippen LogP contribution in [-0.2, 0) is 19.1 Å². The highest BCUT2D eigenvalue weighted by molar-refractivity contribution is 5.74. The molecule has 0 bridgehead atoms. The van der Waals surface area contributed by atoms with Gasteiger partial charge in [-0.1, -0.05) is 12.8 Å². The number of terminal acetylenes is 1. The molecule has 0 fully saturated rings. The van der Waals surface area contributed by atoms with Gasteiger partial charge in [0.2, 0.25) is 0 Å². The van der Waals surface area contributed by atoms with Crippen LogP contribution in [0.25, 0.3) is 0 Å². The van der Waals surface area contributed by atoms with E-state index in [4.69, 9.17) is 11.2 Å². The second kappa shape index (κ2) is 6.96. The Bertz CT molecular complexity index is 239. The fourth-order valence-corrected chi connectivity index (χ4v) is 0.809. The Hall–Kier alpha value is -1.50. The van der Waals surface area contributed by atoms with E-state index in [9.17, 15) is 9.59 Å². The zero-order chi connectivity index (χ0) is 11.0. The largest absolute Gasteiger partial charge is 0.469 e. The first-order valence-corrected chi connectivity index (χ1v) is 4.28. The average molecular weight is 198 g/mol. The molecular formula is C10H14O4. The van der Waals surface area contributed by atoms with Gasteiger partial charge in [0.15, 0.2) is 6.61 Å². The molecule has 0 aromatic heterocycles. The molecular weight excluding hydrogens is 184 g/mol. The third kappa shape index (κ3) is 5.20. The van der Waals surface area contributed by atoms with Gasteiger partial charge in [-0.25, -0.2) is 0 Å². The minimum atomic E-state index is -0.383. The minimum Gasteiger partial charge on any atom is -0.469 e. The van der Waals surface area contributed by atoms with Crippen LogP contribution in [0.1, 0.15) is 19.8 Å². The first kappa shape index (κ1) is 12.5. The first-order chi connectivity index (χ1) is 6.61. The molecule has 0 N–H and O–H groups in total. The molecule has 0 saturated heterocycles. The highest BCUT2D eigenvalue weighted by Crippen LogP contribution is 2.08. The molecule has 0 radical (unpaired) electrons. The maximum absolute atomic E-state index is 11.1. The van der Waals surface area contributed by atoms with Gasteiger partial charge in [0.25, 0.3) is 0 Å². The second-order valence-corrected chi connectivity index (χ2v) is 2.83. The Kier molecular flexibility index (Phi) is 6.21. The molecule has 0 heterocycles. The van der Waals surface area contributed by atoms with Crippen molar-refractivity contribution in [2.24, 2.45) is 5.92 Å². The molecule has 0 rings (SSSR count). The van der Waals surface area contributed by atoms with Crippen LogP contribution < -0.4 is 0 Å². The molecule has 0 aliphatic carbocycles. The molecule has 0 aliphatic rings. The quantitative estimate of drug-likeness (QED) is 0.483. The van der Waals surface area contributed by atoms with Gasteiger partial charge in [0, 0.05) is 6.42 Å². The van der Waals surface area contributed by atoms with E-state index in [1.807, 2.05) is 0 Å². The lowest BCUT2D eigenvalue weighted by molar-refractivity contribution is -0.147. The Morgan fingerprint density at radius 3 is 2.64 bits per heavy atom. The van der Waals surface area contributed by atoms with E-state index in [0.717, 1.165) is 0 Å². The van der Waals surface area contributed by atoms with E-state index >= 15 is 0 Å². The van der Waals surface area contributed by atoms with Crippen molar-refractivity contribution >= 4 is 11.9 Å². The Labute approximate surface area is 83.6 Å². The number of ether oxygens (including phenoxy) is 2. The summed E-state index contributed by atoms with van der Waals surface area (Å²) < 4.78 is 9.13.